The van der Waals surface area contributed by atoms with Gasteiger partial charge in [-0.3, -0.25) is 0 Å². The maximum absolute atomic E-state index is 5.28. The largest absolute Gasteiger partial charge is 0.497 e. The summed E-state index contributed by atoms with van der Waals surface area (Å²) in [5.74, 6) is 3.37. The van der Waals surface area contributed by atoms with Crippen molar-refractivity contribution in [2.45, 2.75) is 0 Å². The zero-order chi connectivity index (χ0) is 8.97. The third-order valence-electron chi connectivity index (χ3n) is 1.63. The molecule has 0 saturated carbocycles. The number of methoxy groups -OCH3 is 1. The van der Waals surface area contributed by atoms with Crippen LogP contribution in [0.3, 0.4) is 0 Å². The lowest BCUT2D eigenvalue weighted by Gasteiger charge is -2.02. The molecule has 60 valence electrons. The molecule has 0 bridgehead atoms. The van der Waals surface area contributed by atoms with Crippen LogP contribution in [0.1, 0.15) is 11.1 Å². The number of hydrogen-bond acceptors (Lipinski definition) is 1. The van der Waals surface area contributed by atoms with Crippen LogP contribution in [0.5, 0.6) is 5.75 Å². The van der Waals surface area contributed by atoms with Crippen LogP contribution in [0.4, 0.5) is 0 Å². The van der Waals surface area contributed by atoms with E-state index in [4.69, 9.17) is 11.2 Å². The molecular formula is C11H10O. The molecule has 0 aromatic heterocycles. The average Bonchev–Trinajstić information content (AvgIpc) is 2.16. The molecule has 0 atom stereocenters. The fraction of sp³-hybridized carbons (Fsp3) is 0.0909. The minimum Gasteiger partial charge on any atom is -0.497 e. The molecule has 1 rings (SSSR count). The third kappa shape index (κ3) is 1.49. The van der Waals surface area contributed by atoms with Gasteiger partial charge in [0.05, 0.1) is 7.11 Å². The van der Waals surface area contributed by atoms with Gasteiger partial charge in [-0.05, 0) is 23.8 Å². The molecule has 0 heterocycles. The molecule has 1 aromatic carbocycles. The second kappa shape index (κ2) is 3.64. The monoisotopic (exact) mass is 158 g/mol. The first-order valence-electron chi connectivity index (χ1n) is 3.59. The highest BCUT2D eigenvalue weighted by Gasteiger charge is 1.97. The molecule has 0 amide bonds. The second-order valence-electron chi connectivity index (χ2n) is 2.30. The summed E-state index contributed by atoms with van der Waals surface area (Å²) in [5.41, 5.74) is 1.77. The zero-order valence-electron chi connectivity index (χ0n) is 7.00. The predicted molar refractivity (Wildman–Crippen MR) is 51.0 cm³/mol. The van der Waals surface area contributed by atoms with Crippen molar-refractivity contribution in [2.24, 2.45) is 0 Å². The molecule has 0 radical (unpaired) electrons. The first-order valence-corrected chi connectivity index (χ1v) is 3.59. The summed E-state index contributed by atoms with van der Waals surface area (Å²) in [6.07, 6.45) is 7.00. The van der Waals surface area contributed by atoms with Crippen molar-refractivity contribution in [3.8, 4) is 18.1 Å². The van der Waals surface area contributed by atoms with Gasteiger partial charge in [0.2, 0.25) is 0 Å². The summed E-state index contributed by atoms with van der Waals surface area (Å²) >= 11 is 0. The van der Waals surface area contributed by atoms with Crippen LogP contribution in [0.2, 0.25) is 0 Å². The van der Waals surface area contributed by atoms with E-state index >= 15 is 0 Å². The molecular weight excluding hydrogens is 148 g/mol. The van der Waals surface area contributed by atoms with Crippen molar-refractivity contribution in [2.75, 3.05) is 7.11 Å². The molecule has 0 aliphatic rings. The lowest BCUT2D eigenvalue weighted by Crippen LogP contribution is -1.86. The van der Waals surface area contributed by atoms with Crippen molar-refractivity contribution >= 4 is 6.08 Å². The first-order chi connectivity index (χ1) is 5.81. The van der Waals surface area contributed by atoms with Crippen LogP contribution in [0.25, 0.3) is 6.08 Å². The first kappa shape index (κ1) is 8.42. The Morgan fingerprint density at radius 3 is 2.83 bits per heavy atom. The lowest BCUT2D eigenvalue weighted by molar-refractivity contribution is 0.414. The number of rotatable bonds is 2. The maximum Gasteiger partial charge on any atom is 0.119 e. The highest BCUT2D eigenvalue weighted by Crippen LogP contribution is 2.17. The molecule has 0 N–H and O–H groups in total. The van der Waals surface area contributed by atoms with E-state index in [1.165, 1.54) is 0 Å². The number of hydrogen-bond donors (Lipinski definition) is 0. The molecule has 0 saturated heterocycles. The summed E-state index contributed by atoms with van der Waals surface area (Å²) in [5, 5.41) is 0. The minimum absolute atomic E-state index is 0.795. The van der Waals surface area contributed by atoms with E-state index in [9.17, 15) is 0 Å². The summed E-state index contributed by atoms with van der Waals surface area (Å²) in [4.78, 5) is 0. The van der Waals surface area contributed by atoms with Crippen LogP contribution in [-0.2, 0) is 0 Å². The van der Waals surface area contributed by atoms with Crippen LogP contribution in [0.15, 0.2) is 24.8 Å². The van der Waals surface area contributed by atoms with E-state index in [0.29, 0.717) is 0 Å². The summed E-state index contributed by atoms with van der Waals surface area (Å²) in [6, 6.07) is 5.54. The Labute approximate surface area is 72.7 Å². The SMILES string of the molecule is C#Cc1ccc(OC)cc1C=C. The van der Waals surface area contributed by atoms with Gasteiger partial charge >= 0.3 is 0 Å². The molecule has 0 aliphatic carbocycles. The third-order valence-corrected chi connectivity index (χ3v) is 1.63. The zero-order valence-corrected chi connectivity index (χ0v) is 7.00. The smallest absolute Gasteiger partial charge is 0.119 e. The van der Waals surface area contributed by atoms with Gasteiger partial charge in [-0.2, -0.15) is 0 Å². The Morgan fingerprint density at radius 1 is 1.58 bits per heavy atom. The van der Waals surface area contributed by atoms with Gasteiger partial charge in [0.1, 0.15) is 5.75 Å². The van der Waals surface area contributed by atoms with Crippen molar-refractivity contribution in [1.29, 1.82) is 0 Å². The summed E-state index contributed by atoms with van der Waals surface area (Å²) < 4.78 is 5.04. The van der Waals surface area contributed by atoms with Gasteiger partial charge in [0, 0.05) is 5.56 Å². The molecule has 1 heteroatoms. The van der Waals surface area contributed by atoms with Crippen molar-refractivity contribution in [3.63, 3.8) is 0 Å². The lowest BCUT2D eigenvalue weighted by atomic mass is 10.1. The number of ether oxygens (including phenoxy) is 1. The fourth-order valence-electron chi connectivity index (χ4n) is 0.968. The van der Waals surface area contributed by atoms with Gasteiger partial charge in [-0.1, -0.05) is 18.6 Å². The van der Waals surface area contributed by atoms with E-state index in [0.717, 1.165) is 16.9 Å². The van der Waals surface area contributed by atoms with E-state index in [1.807, 2.05) is 18.2 Å². The second-order valence-corrected chi connectivity index (χ2v) is 2.30. The molecule has 0 spiro atoms. The van der Waals surface area contributed by atoms with Gasteiger partial charge in [0.25, 0.3) is 0 Å². The van der Waals surface area contributed by atoms with Gasteiger partial charge < -0.3 is 4.74 Å². The topological polar surface area (TPSA) is 9.23 Å². The minimum atomic E-state index is 0.795. The normalized spacial score (nSPS) is 8.67. The highest BCUT2D eigenvalue weighted by atomic mass is 16.5. The average molecular weight is 158 g/mol. The molecule has 1 aromatic rings. The Hall–Kier alpha value is -1.68. The van der Waals surface area contributed by atoms with Crippen LogP contribution < -0.4 is 4.74 Å². The Morgan fingerprint density at radius 2 is 2.33 bits per heavy atom. The van der Waals surface area contributed by atoms with E-state index in [2.05, 4.69) is 12.5 Å². The van der Waals surface area contributed by atoms with Gasteiger partial charge in [-0.25, -0.2) is 0 Å². The Kier molecular flexibility index (Phi) is 2.55. The summed E-state index contributed by atoms with van der Waals surface area (Å²) in [7, 11) is 1.62. The molecule has 0 aliphatic heterocycles. The fourth-order valence-corrected chi connectivity index (χ4v) is 0.968. The van der Waals surface area contributed by atoms with Gasteiger partial charge in [-0.15, -0.1) is 6.42 Å². The number of benzene rings is 1. The highest BCUT2D eigenvalue weighted by molar-refractivity contribution is 5.59. The standard InChI is InChI=1S/C11H10O/c1-4-9-6-7-11(12-3)8-10(9)5-2/h1,5-8H,2H2,3H3. The van der Waals surface area contributed by atoms with E-state index in [1.54, 1.807) is 13.2 Å². The molecule has 12 heavy (non-hydrogen) atoms. The van der Waals surface area contributed by atoms with Crippen molar-refractivity contribution in [1.82, 2.24) is 0 Å². The van der Waals surface area contributed by atoms with Gasteiger partial charge in [0.15, 0.2) is 0 Å². The van der Waals surface area contributed by atoms with Crippen molar-refractivity contribution < 1.29 is 4.74 Å². The Balaban J connectivity index is 3.21. The van der Waals surface area contributed by atoms with Crippen LogP contribution >= 0.6 is 0 Å². The maximum atomic E-state index is 5.28. The quantitative estimate of drug-likeness (QED) is 0.600. The molecule has 1 nitrogen and oxygen atoms in total. The van der Waals surface area contributed by atoms with Crippen LogP contribution in [-0.4, -0.2) is 7.11 Å². The predicted octanol–water partition coefficient (Wildman–Crippen LogP) is 2.32. The van der Waals surface area contributed by atoms with E-state index in [-0.39, 0.29) is 0 Å². The summed E-state index contributed by atoms with van der Waals surface area (Å²) in [6.45, 7) is 3.66. The Bertz CT molecular complexity index is 331. The van der Waals surface area contributed by atoms with Crippen LogP contribution in [0, 0.1) is 12.3 Å². The van der Waals surface area contributed by atoms with Crippen molar-refractivity contribution in [3.05, 3.63) is 35.9 Å². The number of terminal acetylenes is 1. The molecule has 0 unspecified atom stereocenters. The van der Waals surface area contributed by atoms with E-state index < -0.39 is 0 Å². The molecule has 0 fully saturated rings.